The number of thiophene rings is 1. The predicted molar refractivity (Wildman–Crippen MR) is 134 cm³/mol. The van der Waals surface area contributed by atoms with E-state index in [2.05, 4.69) is 70.2 Å². The number of benzene rings is 1. The van der Waals surface area contributed by atoms with Crippen molar-refractivity contribution in [2.24, 2.45) is 10.9 Å². The molecule has 2 heterocycles. The molecule has 1 aromatic carbocycles. The van der Waals surface area contributed by atoms with Gasteiger partial charge >= 0.3 is 0 Å². The Morgan fingerprint density at radius 1 is 1.31 bits per heavy atom. The van der Waals surface area contributed by atoms with E-state index in [1.54, 1.807) is 7.11 Å². The van der Waals surface area contributed by atoms with E-state index < -0.39 is 0 Å². The molecule has 7 heteroatoms. The quantitative estimate of drug-likeness (QED) is 0.331. The first-order valence-corrected chi connectivity index (χ1v) is 10.8. The second-order valence-corrected chi connectivity index (χ2v) is 8.44. The van der Waals surface area contributed by atoms with Crippen LogP contribution < -0.4 is 15.4 Å². The third-order valence-corrected chi connectivity index (χ3v) is 6.43. The van der Waals surface area contributed by atoms with Crippen LogP contribution in [-0.2, 0) is 6.54 Å². The van der Waals surface area contributed by atoms with Crippen LogP contribution in [0, 0.1) is 12.8 Å². The second-order valence-electron chi connectivity index (χ2n) is 7.47. The Labute approximate surface area is 196 Å². The molecule has 1 aromatic heterocycles. The van der Waals surface area contributed by atoms with Crippen LogP contribution in [0.3, 0.4) is 0 Å². The van der Waals surface area contributed by atoms with E-state index in [9.17, 15) is 0 Å². The lowest BCUT2D eigenvalue weighted by Crippen LogP contribution is -2.44. The van der Waals surface area contributed by atoms with Crippen molar-refractivity contribution in [1.82, 2.24) is 15.5 Å². The number of aryl methyl sites for hydroxylation is 1. The fraction of sp³-hybridized carbons (Fsp3) is 0.500. The number of guanidine groups is 1. The highest BCUT2D eigenvalue weighted by atomic mass is 127. The molecule has 0 spiro atoms. The summed E-state index contributed by atoms with van der Waals surface area (Å²) in [6.45, 7) is 4.84. The third kappa shape index (κ3) is 6.33. The molecule has 5 nitrogen and oxygen atoms in total. The molecule has 0 saturated carbocycles. The smallest absolute Gasteiger partial charge is 0.191 e. The number of piperidine rings is 1. The van der Waals surface area contributed by atoms with E-state index in [1.807, 2.05) is 18.4 Å². The van der Waals surface area contributed by atoms with Gasteiger partial charge < -0.3 is 15.4 Å². The molecule has 0 radical (unpaired) electrons. The molecule has 1 fully saturated rings. The average molecular weight is 529 g/mol. The minimum atomic E-state index is 0. The summed E-state index contributed by atoms with van der Waals surface area (Å²) in [6, 6.07) is 11.2. The third-order valence-electron chi connectivity index (χ3n) is 5.49. The largest absolute Gasteiger partial charge is 0.496 e. The van der Waals surface area contributed by atoms with Crippen molar-refractivity contribution in [3.05, 3.63) is 51.7 Å². The molecule has 2 aromatic rings. The van der Waals surface area contributed by atoms with Crippen LogP contribution in [0.15, 0.2) is 40.7 Å². The maximum absolute atomic E-state index is 5.51. The summed E-state index contributed by atoms with van der Waals surface area (Å²) in [4.78, 5) is 8.36. The average Bonchev–Trinajstić information content (AvgIpc) is 3.23. The molecular formula is C22H33IN4OS. The SMILES string of the molecule is CN=C(NCc1ccc(C)cc1OC)NCC1CCCN(C)C1c1cccs1.I. The number of rotatable bonds is 6. The topological polar surface area (TPSA) is 48.9 Å². The zero-order chi connectivity index (χ0) is 19.9. The minimum absolute atomic E-state index is 0. The van der Waals surface area contributed by atoms with Gasteiger partial charge in [0.15, 0.2) is 5.96 Å². The van der Waals surface area contributed by atoms with Gasteiger partial charge in [0.1, 0.15) is 5.75 Å². The van der Waals surface area contributed by atoms with Crippen molar-refractivity contribution >= 4 is 41.3 Å². The van der Waals surface area contributed by atoms with Gasteiger partial charge in [-0.15, -0.1) is 35.3 Å². The normalized spacial score (nSPS) is 20.1. The van der Waals surface area contributed by atoms with Crippen LogP contribution in [-0.4, -0.2) is 45.2 Å². The summed E-state index contributed by atoms with van der Waals surface area (Å²) in [5.41, 5.74) is 2.33. The van der Waals surface area contributed by atoms with E-state index in [0.29, 0.717) is 18.5 Å². The molecule has 29 heavy (non-hydrogen) atoms. The first kappa shape index (κ1) is 24.0. The van der Waals surface area contributed by atoms with Gasteiger partial charge in [0.05, 0.1) is 7.11 Å². The number of likely N-dealkylation sites (tertiary alicyclic amines) is 1. The number of nitrogens with zero attached hydrogens (tertiary/aromatic N) is 2. The van der Waals surface area contributed by atoms with Gasteiger partial charge in [-0.1, -0.05) is 18.2 Å². The summed E-state index contributed by atoms with van der Waals surface area (Å²) in [6.07, 6.45) is 2.49. The van der Waals surface area contributed by atoms with Crippen molar-refractivity contribution in [3.8, 4) is 5.75 Å². The first-order valence-electron chi connectivity index (χ1n) is 9.94. The zero-order valence-corrected chi connectivity index (χ0v) is 20.9. The molecule has 160 valence electrons. The summed E-state index contributed by atoms with van der Waals surface area (Å²) < 4.78 is 5.51. The van der Waals surface area contributed by atoms with Crippen LogP contribution >= 0.6 is 35.3 Å². The fourth-order valence-corrected chi connectivity index (χ4v) is 4.99. The van der Waals surface area contributed by atoms with E-state index in [-0.39, 0.29) is 24.0 Å². The molecular weight excluding hydrogens is 495 g/mol. The summed E-state index contributed by atoms with van der Waals surface area (Å²) in [7, 11) is 5.79. The van der Waals surface area contributed by atoms with E-state index >= 15 is 0 Å². The Morgan fingerprint density at radius 3 is 2.83 bits per heavy atom. The maximum atomic E-state index is 5.51. The highest BCUT2D eigenvalue weighted by Crippen LogP contribution is 2.36. The van der Waals surface area contributed by atoms with Gasteiger partial charge in [-0.2, -0.15) is 0 Å². The Morgan fingerprint density at radius 2 is 2.14 bits per heavy atom. The van der Waals surface area contributed by atoms with Crippen LogP contribution in [0.4, 0.5) is 0 Å². The molecule has 3 rings (SSSR count). The molecule has 2 atom stereocenters. The first-order chi connectivity index (χ1) is 13.6. The molecule has 1 aliphatic heterocycles. The number of aliphatic imine (C=N–C) groups is 1. The maximum Gasteiger partial charge on any atom is 0.191 e. The number of halogens is 1. The van der Waals surface area contributed by atoms with Gasteiger partial charge in [0, 0.05) is 36.6 Å². The highest BCUT2D eigenvalue weighted by Gasteiger charge is 2.31. The van der Waals surface area contributed by atoms with Crippen molar-refractivity contribution in [2.75, 3.05) is 34.3 Å². The predicted octanol–water partition coefficient (Wildman–Crippen LogP) is 4.43. The Hall–Kier alpha value is -1.32. The lowest BCUT2D eigenvalue weighted by Gasteiger charge is -2.39. The number of hydrogen-bond acceptors (Lipinski definition) is 4. The van der Waals surface area contributed by atoms with Crippen molar-refractivity contribution in [3.63, 3.8) is 0 Å². The highest BCUT2D eigenvalue weighted by molar-refractivity contribution is 14.0. The summed E-state index contributed by atoms with van der Waals surface area (Å²) in [5.74, 6) is 2.32. The van der Waals surface area contributed by atoms with Gasteiger partial charge in [-0.05, 0) is 62.4 Å². The van der Waals surface area contributed by atoms with Crippen molar-refractivity contribution in [2.45, 2.75) is 32.4 Å². The summed E-state index contributed by atoms with van der Waals surface area (Å²) >= 11 is 1.86. The Bertz CT molecular complexity index is 781. The van der Waals surface area contributed by atoms with Crippen LogP contribution in [0.25, 0.3) is 0 Å². The standard InChI is InChI=1S/C22H32N4OS.HI/c1-16-9-10-17(19(13-16)27-4)14-24-22(23-2)25-15-18-7-5-11-26(3)21(18)20-8-6-12-28-20;/h6,8-10,12-13,18,21H,5,7,11,14-15H2,1-4H3,(H2,23,24,25);1H. The van der Waals surface area contributed by atoms with Crippen molar-refractivity contribution < 1.29 is 4.74 Å². The monoisotopic (exact) mass is 528 g/mol. The van der Waals surface area contributed by atoms with Gasteiger partial charge in [0.25, 0.3) is 0 Å². The van der Waals surface area contributed by atoms with Crippen molar-refractivity contribution in [1.29, 1.82) is 0 Å². The van der Waals surface area contributed by atoms with Crippen LogP contribution in [0.1, 0.15) is 34.9 Å². The number of nitrogens with one attached hydrogen (secondary N) is 2. The van der Waals surface area contributed by atoms with E-state index in [0.717, 1.165) is 23.8 Å². The van der Waals surface area contributed by atoms with Gasteiger partial charge in [0.2, 0.25) is 0 Å². The minimum Gasteiger partial charge on any atom is -0.496 e. The molecule has 1 aliphatic rings. The van der Waals surface area contributed by atoms with E-state index in [1.165, 1.54) is 29.8 Å². The van der Waals surface area contributed by atoms with Gasteiger partial charge in [-0.3, -0.25) is 9.89 Å². The number of hydrogen-bond donors (Lipinski definition) is 2. The Kier molecular flexibility index (Phi) is 9.71. The molecule has 2 unspecified atom stereocenters. The van der Waals surface area contributed by atoms with E-state index in [4.69, 9.17) is 4.74 Å². The molecule has 1 saturated heterocycles. The van der Waals surface area contributed by atoms with Gasteiger partial charge in [-0.25, -0.2) is 0 Å². The number of methoxy groups -OCH3 is 1. The number of ether oxygens (including phenoxy) is 1. The second kappa shape index (κ2) is 11.8. The fourth-order valence-electron chi connectivity index (χ4n) is 4.01. The zero-order valence-electron chi connectivity index (χ0n) is 17.8. The van der Waals surface area contributed by atoms with Crippen LogP contribution in [0.5, 0.6) is 5.75 Å². The lowest BCUT2D eigenvalue weighted by atomic mass is 9.88. The molecule has 0 amide bonds. The molecule has 2 N–H and O–H groups in total. The Balaban J connectivity index is 0.00000300. The molecule has 0 aliphatic carbocycles. The van der Waals surface area contributed by atoms with Crippen LogP contribution in [0.2, 0.25) is 0 Å². The summed E-state index contributed by atoms with van der Waals surface area (Å²) in [5, 5.41) is 9.15. The lowest BCUT2D eigenvalue weighted by molar-refractivity contribution is 0.125. The molecule has 0 bridgehead atoms.